The normalized spacial score (nSPS) is 10.1. The lowest BCUT2D eigenvalue weighted by atomic mass is 10.3. The van der Waals surface area contributed by atoms with Crippen LogP contribution in [0.5, 0.6) is 5.75 Å². The molecule has 138 valence electrons. The molecule has 0 aliphatic carbocycles. The number of ether oxygens (including phenoxy) is 1. The molecular weight excluding hydrogens is 346 g/mol. The second-order valence-electron chi connectivity index (χ2n) is 5.57. The van der Waals surface area contributed by atoms with Crippen LogP contribution in [0.15, 0.2) is 67.1 Å². The van der Waals surface area contributed by atoms with Gasteiger partial charge in [-0.05, 0) is 36.4 Å². The zero-order valence-corrected chi connectivity index (χ0v) is 14.7. The van der Waals surface area contributed by atoms with E-state index in [0.717, 1.165) is 17.1 Å². The van der Waals surface area contributed by atoms with E-state index in [1.54, 1.807) is 35.9 Å². The van der Waals surface area contributed by atoms with Gasteiger partial charge in [0, 0.05) is 11.4 Å². The third-order valence-electron chi connectivity index (χ3n) is 3.76. The first kappa shape index (κ1) is 18.0. The number of carbonyl (C=O) groups excluding carboxylic acids is 2. The Bertz CT molecular complexity index is 907. The number of anilines is 1. The lowest BCUT2D eigenvalue weighted by Crippen LogP contribution is -2.44. The molecule has 0 unspecified atom stereocenters. The van der Waals surface area contributed by atoms with Gasteiger partial charge in [-0.15, -0.1) is 0 Å². The Balaban J connectivity index is 1.52. The summed E-state index contributed by atoms with van der Waals surface area (Å²) in [6.45, 7) is 0.00452. The molecule has 8 heteroatoms. The number of aromatic nitrogens is 2. The fourth-order valence-corrected chi connectivity index (χ4v) is 2.38. The van der Waals surface area contributed by atoms with Crippen molar-refractivity contribution in [1.82, 2.24) is 20.4 Å². The molecule has 0 aliphatic rings. The number of imidazole rings is 1. The molecular formula is C19H19N5O3. The van der Waals surface area contributed by atoms with E-state index in [1.165, 1.54) is 12.5 Å². The number of hydrogen-bond donors (Lipinski definition) is 3. The molecule has 0 saturated carbocycles. The van der Waals surface area contributed by atoms with Gasteiger partial charge in [0.25, 0.3) is 11.8 Å². The van der Waals surface area contributed by atoms with E-state index in [0.29, 0.717) is 5.69 Å². The predicted molar refractivity (Wildman–Crippen MR) is 101 cm³/mol. The number of nitrogens with one attached hydrogen (secondary N) is 3. The van der Waals surface area contributed by atoms with Crippen LogP contribution < -0.4 is 20.9 Å². The molecule has 2 aromatic carbocycles. The number of hydrogen-bond acceptors (Lipinski definition) is 5. The van der Waals surface area contributed by atoms with Crippen LogP contribution in [-0.2, 0) is 4.79 Å². The van der Waals surface area contributed by atoms with E-state index < -0.39 is 5.91 Å². The van der Waals surface area contributed by atoms with Crippen molar-refractivity contribution in [3.63, 3.8) is 0 Å². The summed E-state index contributed by atoms with van der Waals surface area (Å²) in [6, 6.07) is 16.5. The summed E-state index contributed by atoms with van der Waals surface area (Å²) in [5.74, 6) is -0.119. The molecule has 3 N–H and O–H groups in total. The quantitative estimate of drug-likeness (QED) is 0.578. The van der Waals surface area contributed by atoms with Crippen molar-refractivity contribution >= 4 is 17.5 Å². The SMILES string of the molecule is COc1ccc(NCC(=O)NNC(=O)c2cncn2-c2ccccc2)cc1. The van der Waals surface area contributed by atoms with Gasteiger partial charge in [-0.1, -0.05) is 18.2 Å². The molecule has 0 fully saturated rings. The number of benzene rings is 2. The summed E-state index contributed by atoms with van der Waals surface area (Å²) in [5.41, 5.74) is 6.64. The maximum Gasteiger partial charge on any atom is 0.288 e. The van der Waals surface area contributed by atoms with Crippen LogP contribution in [0.2, 0.25) is 0 Å². The fourth-order valence-electron chi connectivity index (χ4n) is 2.38. The van der Waals surface area contributed by atoms with Crippen LogP contribution >= 0.6 is 0 Å². The van der Waals surface area contributed by atoms with Crippen molar-refractivity contribution in [2.75, 3.05) is 19.0 Å². The smallest absolute Gasteiger partial charge is 0.288 e. The minimum Gasteiger partial charge on any atom is -0.497 e. The van der Waals surface area contributed by atoms with Gasteiger partial charge in [0.2, 0.25) is 0 Å². The van der Waals surface area contributed by atoms with Crippen LogP contribution in [-0.4, -0.2) is 35.0 Å². The van der Waals surface area contributed by atoms with Gasteiger partial charge in [-0.3, -0.25) is 25.0 Å². The summed E-state index contributed by atoms with van der Waals surface area (Å²) in [6.07, 6.45) is 2.97. The van der Waals surface area contributed by atoms with Crippen LogP contribution in [0.3, 0.4) is 0 Å². The summed E-state index contributed by atoms with van der Waals surface area (Å²) in [7, 11) is 1.59. The Hall–Kier alpha value is -3.81. The number of amides is 2. The van der Waals surface area contributed by atoms with Crippen molar-refractivity contribution in [3.8, 4) is 11.4 Å². The summed E-state index contributed by atoms with van der Waals surface area (Å²) in [4.78, 5) is 28.3. The monoisotopic (exact) mass is 365 g/mol. The molecule has 0 radical (unpaired) electrons. The predicted octanol–water partition coefficient (Wildman–Crippen LogP) is 1.75. The Kier molecular flexibility index (Phi) is 5.68. The van der Waals surface area contributed by atoms with Gasteiger partial charge in [-0.25, -0.2) is 4.98 Å². The van der Waals surface area contributed by atoms with Crippen molar-refractivity contribution < 1.29 is 14.3 Å². The van der Waals surface area contributed by atoms with Crippen molar-refractivity contribution in [2.24, 2.45) is 0 Å². The van der Waals surface area contributed by atoms with Gasteiger partial charge in [-0.2, -0.15) is 0 Å². The molecule has 27 heavy (non-hydrogen) atoms. The number of carbonyl (C=O) groups is 2. The highest BCUT2D eigenvalue weighted by Gasteiger charge is 2.13. The van der Waals surface area contributed by atoms with Crippen LogP contribution in [0.4, 0.5) is 5.69 Å². The van der Waals surface area contributed by atoms with E-state index in [1.807, 2.05) is 30.3 Å². The Morgan fingerprint density at radius 3 is 2.48 bits per heavy atom. The summed E-state index contributed by atoms with van der Waals surface area (Å²) < 4.78 is 6.71. The van der Waals surface area contributed by atoms with Crippen molar-refractivity contribution in [2.45, 2.75) is 0 Å². The highest BCUT2D eigenvalue weighted by atomic mass is 16.5. The molecule has 0 spiro atoms. The van der Waals surface area contributed by atoms with Gasteiger partial charge in [0.05, 0.1) is 26.2 Å². The average Bonchev–Trinajstić information content (AvgIpc) is 3.21. The molecule has 1 heterocycles. The van der Waals surface area contributed by atoms with Gasteiger partial charge < -0.3 is 10.1 Å². The number of methoxy groups -OCH3 is 1. The van der Waals surface area contributed by atoms with E-state index in [9.17, 15) is 9.59 Å². The first-order valence-corrected chi connectivity index (χ1v) is 8.22. The second-order valence-corrected chi connectivity index (χ2v) is 5.57. The zero-order valence-electron chi connectivity index (χ0n) is 14.7. The second kappa shape index (κ2) is 8.52. The molecule has 1 aromatic heterocycles. The lowest BCUT2D eigenvalue weighted by Gasteiger charge is -2.11. The van der Waals surface area contributed by atoms with Crippen LogP contribution in [0.25, 0.3) is 5.69 Å². The molecule has 0 bridgehead atoms. The van der Waals surface area contributed by atoms with Crippen LogP contribution in [0.1, 0.15) is 10.5 Å². The van der Waals surface area contributed by atoms with Crippen molar-refractivity contribution in [3.05, 3.63) is 72.8 Å². The number of hydrazine groups is 1. The molecule has 0 aliphatic heterocycles. The lowest BCUT2D eigenvalue weighted by molar-refractivity contribution is -0.120. The average molecular weight is 365 g/mol. The third-order valence-corrected chi connectivity index (χ3v) is 3.76. The van der Waals surface area contributed by atoms with Gasteiger partial charge in [0.1, 0.15) is 11.4 Å². The largest absolute Gasteiger partial charge is 0.497 e. The van der Waals surface area contributed by atoms with E-state index in [2.05, 4.69) is 21.2 Å². The highest BCUT2D eigenvalue weighted by Crippen LogP contribution is 2.14. The fraction of sp³-hybridized carbons (Fsp3) is 0.105. The maximum atomic E-state index is 12.3. The Morgan fingerprint density at radius 2 is 1.78 bits per heavy atom. The third kappa shape index (κ3) is 4.63. The number of nitrogens with zero attached hydrogens (tertiary/aromatic N) is 2. The molecule has 3 rings (SSSR count). The Labute approximate surface area is 156 Å². The van der Waals surface area contributed by atoms with Crippen LogP contribution in [0, 0.1) is 0 Å². The minimum absolute atomic E-state index is 0.00452. The molecule has 2 amide bonds. The summed E-state index contributed by atoms with van der Waals surface area (Å²) >= 11 is 0. The van der Waals surface area contributed by atoms with E-state index in [4.69, 9.17) is 4.74 Å². The topological polar surface area (TPSA) is 97.3 Å². The first-order valence-electron chi connectivity index (χ1n) is 8.22. The van der Waals surface area contributed by atoms with Crippen molar-refractivity contribution in [1.29, 1.82) is 0 Å². The number of para-hydroxylation sites is 1. The van der Waals surface area contributed by atoms with E-state index in [-0.39, 0.29) is 12.5 Å². The number of rotatable bonds is 6. The van der Waals surface area contributed by atoms with E-state index >= 15 is 0 Å². The zero-order chi connectivity index (χ0) is 19.1. The minimum atomic E-state index is -0.464. The molecule has 0 saturated heterocycles. The highest BCUT2D eigenvalue weighted by molar-refractivity contribution is 5.94. The molecule has 8 nitrogen and oxygen atoms in total. The standard InChI is InChI=1S/C19H19N5O3/c1-27-16-9-7-14(8-10-16)21-12-18(25)22-23-19(26)17-11-20-13-24(17)15-5-3-2-4-6-15/h2-11,13,21H,12H2,1H3,(H,22,25)(H,23,26). The molecule has 0 atom stereocenters. The maximum absolute atomic E-state index is 12.3. The van der Waals surface area contributed by atoms with Gasteiger partial charge in [0.15, 0.2) is 0 Å². The first-order chi connectivity index (χ1) is 13.2. The molecule has 3 aromatic rings. The Morgan fingerprint density at radius 1 is 1.04 bits per heavy atom. The van der Waals surface area contributed by atoms with Gasteiger partial charge >= 0.3 is 0 Å². The summed E-state index contributed by atoms with van der Waals surface area (Å²) in [5, 5.41) is 2.96.